The molecule has 1 unspecified atom stereocenters. The molecular weight excluding hydrogens is 1010 g/mol. The van der Waals surface area contributed by atoms with Gasteiger partial charge in [0.1, 0.15) is 30.0 Å². The number of cyclic esters (lactones) is 1. The SMILES string of the molecule is CC[C@H]1OC(=O)[C@H](C)C([C@H]2C[C@@](C)(OC)[C@@H](O)[C@H](C)O2)[C@H](C)[C@@H](O[C@@H]2O[C@H](C)C[C@H](N(C)C)[C@H]2O)[C@](C)(O)C[C@@H](C)CN(C(=O)CCCCCCC[P+](C2CCCCC2)(C2CCCCC2)C2CCCCC2)[C@H](C)[C@@H](O)[C@]1(C)O. The van der Waals surface area contributed by atoms with E-state index in [-0.39, 0.29) is 56.2 Å². The molecule has 0 aromatic rings. The first-order chi connectivity index (χ1) is 36.8. The number of rotatable bonds is 17. The molecule has 6 rings (SSSR count). The molecule has 6 fully saturated rings. The van der Waals surface area contributed by atoms with Crippen molar-refractivity contribution < 1.29 is 58.8 Å². The summed E-state index contributed by atoms with van der Waals surface area (Å²) in [6.45, 7) is 18.1. The first kappa shape index (κ1) is 66.1. The molecule has 3 heterocycles. The van der Waals surface area contributed by atoms with Gasteiger partial charge >= 0.3 is 5.97 Å². The zero-order chi connectivity index (χ0) is 57.3. The molecule has 3 saturated heterocycles. The van der Waals surface area contributed by atoms with Gasteiger partial charge in [-0.25, -0.2) is 0 Å². The summed E-state index contributed by atoms with van der Waals surface area (Å²) < 4.78 is 32.3. The number of esters is 1. The van der Waals surface area contributed by atoms with E-state index in [9.17, 15) is 35.1 Å². The van der Waals surface area contributed by atoms with E-state index in [2.05, 4.69) is 0 Å². The highest BCUT2D eigenvalue weighted by atomic mass is 31.2. The van der Waals surface area contributed by atoms with Gasteiger partial charge in [-0.1, -0.05) is 59.8 Å². The van der Waals surface area contributed by atoms with E-state index < -0.39 is 103 Å². The molecule has 14 nitrogen and oxygen atoms in total. The Labute approximate surface area is 474 Å². The van der Waals surface area contributed by atoms with Crippen LogP contribution in [0.15, 0.2) is 0 Å². The summed E-state index contributed by atoms with van der Waals surface area (Å²) in [7, 11) is 4.22. The molecule has 0 aromatic carbocycles. The van der Waals surface area contributed by atoms with Crippen LogP contribution in [0.4, 0.5) is 0 Å². The van der Waals surface area contributed by atoms with Gasteiger partial charge in [0.2, 0.25) is 5.91 Å². The quantitative estimate of drug-likeness (QED) is 0.0527. The number of hydrogen-bond donors (Lipinski definition) is 5. The molecule has 0 aromatic heterocycles. The fourth-order valence-electron chi connectivity index (χ4n) is 16.8. The van der Waals surface area contributed by atoms with E-state index in [1.165, 1.54) is 122 Å². The number of hydrogen-bond acceptors (Lipinski definition) is 13. The molecule has 3 saturated carbocycles. The number of unbranched alkanes of at least 4 members (excludes halogenated alkanes) is 4. The highest BCUT2D eigenvalue weighted by molar-refractivity contribution is 7.77. The van der Waals surface area contributed by atoms with Crippen LogP contribution in [-0.2, 0) is 33.3 Å². The van der Waals surface area contributed by atoms with Crippen molar-refractivity contribution in [2.45, 2.75) is 331 Å². The van der Waals surface area contributed by atoms with Gasteiger partial charge in [-0.2, -0.15) is 0 Å². The summed E-state index contributed by atoms with van der Waals surface area (Å²) in [5, 5.41) is 61.1. The second kappa shape index (κ2) is 29.2. The van der Waals surface area contributed by atoms with Gasteiger partial charge in [-0.15, -0.1) is 0 Å². The Morgan fingerprint density at radius 1 is 0.756 bits per heavy atom. The average Bonchev–Trinajstić information content (AvgIpc) is 3.42. The highest BCUT2D eigenvalue weighted by Crippen LogP contribution is 2.77. The number of ether oxygens (including phenoxy) is 5. The maximum absolute atomic E-state index is 14.9. The minimum atomic E-state index is -1.96. The predicted octanol–water partition coefficient (Wildman–Crippen LogP) is 10.4. The van der Waals surface area contributed by atoms with Gasteiger partial charge < -0.3 is 59.0 Å². The van der Waals surface area contributed by atoms with Gasteiger partial charge in [-0.3, -0.25) is 9.59 Å². The second-order valence-corrected chi connectivity index (χ2v) is 32.1. The summed E-state index contributed by atoms with van der Waals surface area (Å²) in [6.07, 6.45) is 21.2. The molecular formula is C63H116N2O12P+. The minimum absolute atomic E-state index is 0.126. The molecule has 5 N–H and O–H groups in total. The van der Waals surface area contributed by atoms with Crippen molar-refractivity contribution in [3.63, 3.8) is 0 Å². The van der Waals surface area contributed by atoms with Crippen molar-refractivity contribution in [3.8, 4) is 0 Å². The fourth-order valence-corrected chi connectivity index (χ4v) is 24.5. The Morgan fingerprint density at radius 2 is 1.29 bits per heavy atom. The number of carbonyl (C=O) groups excluding carboxylic acids is 2. The van der Waals surface area contributed by atoms with E-state index in [1.807, 2.05) is 46.7 Å². The standard InChI is InChI=1S/C63H116N2O12P/c1-14-52-63(10,72)56(68)45(6)65(53(66)35-27-16-15-17-28-36-78(47-29-21-18-22-30-47,48-31-23-19-24-32-48)49-33-25-20-26-34-49)40-41(2)38-61(8,71)58(77-60-55(67)50(64(11)12)37-42(3)74-60)43(4)54(44(5)59(70)76-52)51-39-62(9,73-13)57(69)46(7)75-51/h41-52,54-58,60,67-69,71-72H,14-40H2,1-13H3/q+1/t41-,42-,43+,44-,45-,46+,50+,51-,52-,54?,55-,56-,57+,58-,60+,61-,62-,63-/m1/s1. The molecule has 0 bridgehead atoms. The van der Waals surface area contributed by atoms with Gasteiger partial charge in [0.25, 0.3) is 0 Å². The normalized spacial score (nSPS) is 41.3. The van der Waals surface area contributed by atoms with Crippen molar-refractivity contribution in [1.29, 1.82) is 0 Å². The summed E-state index contributed by atoms with van der Waals surface area (Å²) in [5.74, 6) is -3.48. The Balaban J connectivity index is 1.25. The number of amides is 1. The van der Waals surface area contributed by atoms with Gasteiger partial charge in [0.05, 0.1) is 70.7 Å². The largest absolute Gasteiger partial charge is 0.459 e. The van der Waals surface area contributed by atoms with Crippen molar-refractivity contribution in [1.82, 2.24) is 9.80 Å². The second-order valence-electron chi connectivity index (χ2n) is 27.5. The number of aliphatic hydroxyl groups excluding tert-OH is 3. The van der Waals surface area contributed by atoms with Crippen LogP contribution in [0, 0.1) is 23.7 Å². The lowest BCUT2D eigenvalue weighted by Crippen LogP contribution is -2.61. The summed E-state index contributed by atoms with van der Waals surface area (Å²) in [5.41, 5.74) is -1.70. The molecule has 454 valence electrons. The van der Waals surface area contributed by atoms with Crippen molar-refractivity contribution in [2.24, 2.45) is 23.7 Å². The third kappa shape index (κ3) is 15.4. The van der Waals surface area contributed by atoms with E-state index in [4.69, 9.17) is 23.7 Å². The Morgan fingerprint density at radius 3 is 1.82 bits per heavy atom. The Kier molecular flexibility index (Phi) is 24.7. The number of carbonyl (C=O) groups is 2. The van der Waals surface area contributed by atoms with E-state index in [0.29, 0.717) is 12.8 Å². The maximum atomic E-state index is 14.9. The number of nitrogens with zero attached hydrogens (tertiary/aromatic N) is 2. The van der Waals surface area contributed by atoms with Gasteiger partial charge in [-0.05, 0) is 183 Å². The van der Waals surface area contributed by atoms with Crippen molar-refractivity contribution in [2.75, 3.05) is 33.9 Å². The summed E-state index contributed by atoms with van der Waals surface area (Å²) in [6, 6.07) is -1.18. The van der Waals surface area contributed by atoms with Crippen LogP contribution < -0.4 is 0 Å². The lowest BCUT2D eigenvalue weighted by Gasteiger charge is -2.51. The lowest BCUT2D eigenvalue weighted by molar-refractivity contribution is -0.302. The number of methoxy groups -OCH3 is 1. The zero-order valence-electron chi connectivity index (χ0n) is 51.4. The first-order valence-electron chi connectivity index (χ1n) is 31.9. The zero-order valence-corrected chi connectivity index (χ0v) is 52.3. The van der Waals surface area contributed by atoms with Crippen LogP contribution in [0.25, 0.3) is 0 Å². The summed E-state index contributed by atoms with van der Waals surface area (Å²) in [4.78, 5) is 33.3. The molecule has 18 atom stereocenters. The molecule has 0 radical (unpaired) electrons. The topological polar surface area (TPSA) is 188 Å². The van der Waals surface area contributed by atoms with Crippen molar-refractivity contribution in [3.05, 3.63) is 0 Å². The van der Waals surface area contributed by atoms with Crippen molar-refractivity contribution >= 4 is 19.1 Å². The molecule has 15 heteroatoms. The lowest BCUT2D eigenvalue weighted by atomic mass is 9.68. The van der Waals surface area contributed by atoms with Crippen LogP contribution in [0.2, 0.25) is 0 Å². The van der Waals surface area contributed by atoms with E-state index >= 15 is 0 Å². The van der Waals surface area contributed by atoms with Crippen LogP contribution in [-0.4, -0.2) is 182 Å². The molecule has 1 amide bonds. The van der Waals surface area contributed by atoms with E-state index in [0.717, 1.165) is 29.8 Å². The maximum Gasteiger partial charge on any atom is 0.309 e. The number of likely N-dealkylation sites (N-methyl/N-ethyl adjacent to an activating group) is 1. The molecule has 3 aliphatic heterocycles. The Hall–Kier alpha value is -1.03. The van der Waals surface area contributed by atoms with E-state index in [1.54, 1.807) is 46.6 Å². The number of aliphatic hydroxyl groups is 5. The third-order valence-corrected chi connectivity index (χ3v) is 28.0. The molecule has 6 aliphatic rings. The van der Waals surface area contributed by atoms with Gasteiger partial charge in [0, 0.05) is 45.7 Å². The third-order valence-electron chi connectivity index (χ3n) is 21.3. The molecule has 0 spiro atoms. The Bertz CT molecular complexity index is 1780. The van der Waals surface area contributed by atoms with Crippen LogP contribution in [0.5, 0.6) is 0 Å². The molecule has 3 aliphatic carbocycles. The molecule has 78 heavy (non-hydrogen) atoms. The fraction of sp³-hybridized carbons (Fsp3) is 0.968. The average molecular weight is 1120 g/mol. The summed E-state index contributed by atoms with van der Waals surface area (Å²) >= 11 is 0. The highest BCUT2D eigenvalue weighted by Gasteiger charge is 2.58. The van der Waals surface area contributed by atoms with Crippen LogP contribution >= 0.6 is 7.26 Å². The minimum Gasteiger partial charge on any atom is -0.459 e. The monoisotopic (exact) mass is 1120 g/mol. The van der Waals surface area contributed by atoms with Crippen LogP contribution in [0.3, 0.4) is 0 Å². The predicted molar refractivity (Wildman–Crippen MR) is 312 cm³/mol. The van der Waals surface area contributed by atoms with Gasteiger partial charge in [0.15, 0.2) is 6.29 Å². The smallest absolute Gasteiger partial charge is 0.309 e. The van der Waals surface area contributed by atoms with Crippen LogP contribution in [0.1, 0.15) is 230 Å². The first-order valence-corrected chi connectivity index (χ1v) is 34.1.